The number of carbonyl (C=O) groups is 1. The van der Waals surface area contributed by atoms with Crippen molar-refractivity contribution in [2.45, 2.75) is 20.1 Å². The molecule has 0 unspecified atom stereocenters. The number of amides is 1. The molecule has 0 fully saturated rings. The minimum absolute atomic E-state index is 0.151. The standard InChI is InChI=1S/C21H18FN5O3S/c1-2-27-20(29)15-5-3-4-6-16(15)24-21(27)26-25-19(28)17-12-31-18(23-17)11-30-14-9-7-13(22)8-10-14/h3-10,12H,2,11H2,1H3,(H,24,26)(H,25,28). The number of nitrogens with zero attached hydrogens (tertiary/aromatic N) is 3. The number of anilines is 1. The average Bonchev–Trinajstić information content (AvgIpc) is 3.26. The number of hydrogen-bond donors (Lipinski definition) is 2. The van der Waals surface area contributed by atoms with Gasteiger partial charge in [-0.25, -0.2) is 14.4 Å². The van der Waals surface area contributed by atoms with Gasteiger partial charge in [-0.3, -0.25) is 25.0 Å². The molecule has 0 radical (unpaired) electrons. The number of rotatable bonds is 7. The first-order valence-electron chi connectivity index (χ1n) is 9.44. The van der Waals surface area contributed by atoms with Crippen LogP contribution in [0, 0.1) is 5.82 Å². The number of benzene rings is 2. The molecule has 10 heteroatoms. The molecule has 4 rings (SSSR count). The second-order valence-corrected chi connectivity index (χ2v) is 7.39. The van der Waals surface area contributed by atoms with Crippen LogP contribution in [0.5, 0.6) is 5.75 Å². The molecule has 2 heterocycles. The smallest absolute Gasteiger partial charge is 0.289 e. The van der Waals surface area contributed by atoms with Crippen LogP contribution in [0.15, 0.2) is 58.7 Å². The molecule has 0 bridgehead atoms. The van der Waals surface area contributed by atoms with E-state index in [0.717, 1.165) is 0 Å². The summed E-state index contributed by atoms with van der Waals surface area (Å²) >= 11 is 1.26. The zero-order chi connectivity index (χ0) is 21.8. The summed E-state index contributed by atoms with van der Waals surface area (Å²) in [6.45, 7) is 2.35. The van der Waals surface area contributed by atoms with Gasteiger partial charge in [-0.15, -0.1) is 11.3 Å². The number of thiazole rings is 1. The Kier molecular flexibility index (Phi) is 5.89. The van der Waals surface area contributed by atoms with Gasteiger partial charge in [0.2, 0.25) is 5.95 Å². The van der Waals surface area contributed by atoms with Crippen molar-refractivity contribution in [1.29, 1.82) is 0 Å². The van der Waals surface area contributed by atoms with Crippen molar-refractivity contribution in [3.8, 4) is 5.75 Å². The molecule has 31 heavy (non-hydrogen) atoms. The van der Waals surface area contributed by atoms with E-state index in [1.165, 1.54) is 40.2 Å². The van der Waals surface area contributed by atoms with Crippen LogP contribution in [-0.4, -0.2) is 20.4 Å². The summed E-state index contributed by atoms with van der Waals surface area (Å²) in [4.78, 5) is 33.8. The summed E-state index contributed by atoms with van der Waals surface area (Å²) in [5.74, 6) is -0.0874. The summed E-state index contributed by atoms with van der Waals surface area (Å²) < 4.78 is 19.9. The molecular formula is C21H18FN5O3S. The predicted molar refractivity (Wildman–Crippen MR) is 116 cm³/mol. The lowest BCUT2D eigenvalue weighted by Crippen LogP contribution is -2.34. The number of para-hydroxylation sites is 1. The van der Waals surface area contributed by atoms with E-state index in [0.29, 0.717) is 28.2 Å². The Hall–Kier alpha value is -3.79. The zero-order valence-corrected chi connectivity index (χ0v) is 17.3. The quantitative estimate of drug-likeness (QED) is 0.429. The maximum absolute atomic E-state index is 12.9. The minimum Gasteiger partial charge on any atom is -0.486 e. The van der Waals surface area contributed by atoms with Gasteiger partial charge >= 0.3 is 0 Å². The third kappa shape index (κ3) is 4.53. The van der Waals surface area contributed by atoms with Crippen LogP contribution in [-0.2, 0) is 13.2 Å². The maximum Gasteiger partial charge on any atom is 0.289 e. The van der Waals surface area contributed by atoms with Gasteiger partial charge in [0.05, 0.1) is 10.9 Å². The van der Waals surface area contributed by atoms with Gasteiger partial charge < -0.3 is 4.74 Å². The Morgan fingerprint density at radius 1 is 1.16 bits per heavy atom. The maximum atomic E-state index is 12.9. The summed E-state index contributed by atoms with van der Waals surface area (Å²) in [6, 6.07) is 12.7. The summed E-state index contributed by atoms with van der Waals surface area (Å²) in [5.41, 5.74) is 5.77. The lowest BCUT2D eigenvalue weighted by molar-refractivity contribution is 0.0957. The van der Waals surface area contributed by atoms with Gasteiger partial charge in [0.1, 0.15) is 28.9 Å². The van der Waals surface area contributed by atoms with Crippen LogP contribution in [0.1, 0.15) is 22.4 Å². The molecule has 0 aliphatic carbocycles. The van der Waals surface area contributed by atoms with Crippen molar-refractivity contribution in [2.75, 3.05) is 5.43 Å². The van der Waals surface area contributed by atoms with Crippen molar-refractivity contribution in [3.63, 3.8) is 0 Å². The number of hydrazine groups is 1. The van der Waals surface area contributed by atoms with E-state index in [-0.39, 0.29) is 29.6 Å². The largest absolute Gasteiger partial charge is 0.486 e. The molecule has 8 nitrogen and oxygen atoms in total. The third-order valence-electron chi connectivity index (χ3n) is 4.43. The predicted octanol–water partition coefficient (Wildman–Crippen LogP) is 3.35. The molecular weight excluding hydrogens is 421 g/mol. The fourth-order valence-electron chi connectivity index (χ4n) is 2.89. The van der Waals surface area contributed by atoms with Crippen molar-refractivity contribution in [3.05, 3.63) is 80.8 Å². The second kappa shape index (κ2) is 8.92. The summed E-state index contributed by atoms with van der Waals surface area (Å²) in [7, 11) is 0. The number of halogens is 1. The van der Waals surface area contributed by atoms with E-state index in [1.54, 1.807) is 29.6 Å². The first-order chi connectivity index (χ1) is 15.0. The van der Waals surface area contributed by atoms with Crippen LogP contribution in [0.25, 0.3) is 10.9 Å². The lowest BCUT2D eigenvalue weighted by atomic mass is 10.2. The molecule has 4 aromatic rings. The Morgan fingerprint density at radius 2 is 1.94 bits per heavy atom. The molecule has 2 aromatic heterocycles. The van der Waals surface area contributed by atoms with Gasteiger partial charge in [0.25, 0.3) is 11.5 Å². The number of carbonyl (C=O) groups excluding carboxylic acids is 1. The number of hydrogen-bond acceptors (Lipinski definition) is 7. The van der Waals surface area contributed by atoms with E-state index in [9.17, 15) is 14.0 Å². The SMILES string of the molecule is CCn1c(NNC(=O)c2csc(COc3ccc(F)cc3)n2)nc2ccccc2c1=O. The molecule has 0 aliphatic heterocycles. The van der Waals surface area contributed by atoms with Gasteiger partial charge in [-0.2, -0.15) is 0 Å². The molecule has 0 saturated carbocycles. The topological polar surface area (TPSA) is 98.1 Å². The third-order valence-corrected chi connectivity index (χ3v) is 5.25. The molecule has 0 atom stereocenters. The molecule has 2 N–H and O–H groups in total. The van der Waals surface area contributed by atoms with Crippen LogP contribution < -0.4 is 21.1 Å². The Morgan fingerprint density at radius 3 is 2.71 bits per heavy atom. The van der Waals surface area contributed by atoms with E-state index in [1.807, 2.05) is 6.92 Å². The fraction of sp³-hybridized carbons (Fsp3) is 0.143. The normalized spacial score (nSPS) is 10.8. The average molecular weight is 439 g/mol. The zero-order valence-electron chi connectivity index (χ0n) is 16.5. The molecule has 2 aromatic carbocycles. The highest BCUT2D eigenvalue weighted by atomic mass is 32.1. The summed E-state index contributed by atoms with van der Waals surface area (Å²) in [6.07, 6.45) is 0. The van der Waals surface area contributed by atoms with E-state index in [4.69, 9.17) is 4.74 Å². The highest BCUT2D eigenvalue weighted by Crippen LogP contribution is 2.16. The van der Waals surface area contributed by atoms with Gasteiger partial charge in [0, 0.05) is 11.9 Å². The van der Waals surface area contributed by atoms with Gasteiger partial charge in [-0.05, 0) is 43.3 Å². The lowest BCUT2D eigenvalue weighted by Gasteiger charge is -2.13. The van der Waals surface area contributed by atoms with Crippen molar-refractivity contribution < 1.29 is 13.9 Å². The monoisotopic (exact) mass is 439 g/mol. The Bertz CT molecular complexity index is 1290. The number of aromatic nitrogens is 3. The highest BCUT2D eigenvalue weighted by Gasteiger charge is 2.14. The Labute approximate surface area is 180 Å². The van der Waals surface area contributed by atoms with E-state index < -0.39 is 5.91 Å². The minimum atomic E-state index is -0.477. The van der Waals surface area contributed by atoms with Crippen LogP contribution in [0.3, 0.4) is 0 Å². The van der Waals surface area contributed by atoms with Crippen molar-refractivity contribution in [2.24, 2.45) is 0 Å². The van der Waals surface area contributed by atoms with E-state index >= 15 is 0 Å². The number of nitrogens with one attached hydrogen (secondary N) is 2. The van der Waals surface area contributed by atoms with Gasteiger partial charge in [0.15, 0.2) is 0 Å². The Balaban J connectivity index is 1.42. The van der Waals surface area contributed by atoms with Crippen LogP contribution in [0.4, 0.5) is 10.3 Å². The molecule has 0 saturated heterocycles. The second-order valence-electron chi connectivity index (χ2n) is 6.45. The first kappa shape index (κ1) is 20.5. The van der Waals surface area contributed by atoms with Crippen molar-refractivity contribution >= 4 is 34.1 Å². The van der Waals surface area contributed by atoms with Crippen LogP contribution in [0.2, 0.25) is 0 Å². The molecule has 0 aliphatic rings. The van der Waals surface area contributed by atoms with E-state index in [2.05, 4.69) is 20.8 Å². The number of ether oxygens (including phenoxy) is 1. The van der Waals surface area contributed by atoms with Gasteiger partial charge in [-0.1, -0.05) is 12.1 Å². The highest BCUT2D eigenvalue weighted by molar-refractivity contribution is 7.09. The summed E-state index contributed by atoms with van der Waals surface area (Å²) in [5, 5.41) is 2.69. The van der Waals surface area contributed by atoms with Crippen molar-refractivity contribution in [1.82, 2.24) is 20.0 Å². The first-order valence-corrected chi connectivity index (χ1v) is 10.3. The molecule has 1 amide bonds. The molecule has 0 spiro atoms. The molecule has 158 valence electrons. The van der Waals surface area contributed by atoms with Crippen LogP contribution >= 0.6 is 11.3 Å². The fourth-order valence-corrected chi connectivity index (χ4v) is 3.58. The number of fused-ring (bicyclic) bond motifs is 1.